The van der Waals surface area contributed by atoms with E-state index in [9.17, 15) is 0 Å². The Morgan fingerprint density at radius 3 is 1.98 bits per heavy atom. The van der Waals surface area contributed by atoms with Gasteiger partial charge in [-0.15, -0.1) is 11.3 Å². The minimum atomic E-state index is 0.824. The van der Waals surface area contributed by atoms with Crippen molar-refractivity contribution < 1.29 is 4.42 Å². The van der Waals surface area contributed by atoms with Gasteiger partial charge in [0, 0.05) is 59.9 Å². The Kier molecular flexibility index (Phi) is 6.39. The highest BCUT2D eigenvalue weighted by atomic mass is 32.1. The topological polar surface area (TPSA) is 51.8 Å². The second kappa shape index (κ2) is 11.4. The molecule has 0 radical (unpaired) electrons. The number of para-hydroxylation sites is 1. The summed E-state index contributed by atoms with van der Waals surface area (Å²) in [7, 11) is 0. The van der Waals surface area contributed by atoms with Gasteiger partial charge in [-0.05, 0) is 76.9 Å². The lowest BCUT2D eigenvalue weighted by Crippen LogP contribution is -1.94. The highest BCUT2D eigenvalue weighted by Crippen LogP contribution is 2.42. The van der Waals surface area contributed by atoms with Crippen LogP contribution in [-0.2, 0) is 0 Å². The minimum Gasteiger partial charge on any atom is -0.455 e. The molecule has 0 bridgehead atoms. The molecule has 5 heteroatoms. The van der Waals surface area contributed by atoms with E-state index in [1.165, 1.54) is 31.3 Å². The summed E-state index contributed by atoms with van der Waals surface area (Å²) in [6.45, 7) is 0. The fourth-order valence-corrected chi connectivity index (χ4v) is 8.68. The molecule has 0 atom stereocenters. The largest absolute Gasteiger partial charge is 0.455 e. The van der Waals surface area contributed by atoms with Crippen LogP contribution in [0.15, 0.2) is 168 Å². The summed E-state index contributed by atoms with van der Waals surface area (Å²) in [5.74, 6) is 0. The van der Waals surface area contributed by atoms with Gasteiger partial charge >= 0.3 is 0 Å². The van der Waals surface area contributed by atoms with Crippen molar-refractivity contribution >= 4 is 75.3 Å². The van der Waals surface area contributed by atoms with E-state index in [4.69, 9.17) is 14.4 Å². The van der Waals surface area contributed by atoms with E-state index < -0.39 is 0 Å². The number of fused-ring (bicyclic) bond motifs is 10. The van der Waals surface area contributed by atoms with Crippen molar-refractivity contribution in [2.24, 2.45) is 0 Å². The predicted molar refractivity (Wildman–Crippen MR) is 217 cm³/mol. The SMILES string of the molecule is c1ccc(-c2ccc3sc4ccc(-c5ccc6nc(-c7ccc(-c8cccnc8)cc7)c7ccc8c9ccccc9oc8c7c6n5)cc4c3c2)cc1. The lowest BCUT2D eigenvalue weighted by atomic mass is 9.98. The molecule has 0 N–H and O–H groups in total. The molecule has 11 aromatic rings. The van der Waals surface area contributed by atoms with E-state index in [1.54, 1.807) is 6.20 Å². The summed E-state index contributed by atoms with van der Waals surface area (Å²) in [5, 5.41) is 6.64. The van der Waals surface area contributed by atoms with Crippen LogP contribution >= 0.6 is 11.3 Å². The van der Waals surface area contributed by atoms with Gasteiger partial charge in [0.15, 0.2) is 0 Å². The molecule has 4 nitrogen and oxygen atoms in total. The third-order valence-corrected chi connectivity index (χ3v) is 11.3. The van der Waals surface area contributed by atoms with Gasteiger partial charge in [-0.1, -0.05) is 97.1 Å². The molecule has 6 aromatic carbocycles. The van der Waals surface area contributed by atoms with Crippen LogP contribution < -0.4 is 0 Å². The Morgan fingerprint density at radius 2 is 1.15 bits per heavy atom. The maximum absolute atomic E-state index is 6.66. The van der Waals surface area contributed by atoms with Crippen LogP contribution in [0.25, 0.3) is 109 Å². The van der Waals surface area contributed by atoms with Crippen molar-refractivity contribution in [1.82, 2.24) is 15.0 Å². The molecule has 0 spiro atoms. The quantitative estimate of drug-likeness (QED) is 0.174. The van der Waals surface area contributed by atoms with Gasteiger partial charge in [0.25, 0.3) is 0 Å². The molecule has 0 aliphatic carbocycles. The number of thiophene rings is 1. The predicted octanol–water partition coefficient (Wildman–Crippen LogP) is 13.1. The van der Waals surface area contributed by atoms with Crippen LogP contribution in [0.4, 0.5) is 0 Å². The first-order chi connectivity index (χ1) is 25.7. The third-order valence-electron chi connectivity index (χ3n) is 10.2. The zero-order valence-corrected chi connectivity index (χ0v) is 28.6. The molecule has 0 saturated heterocycles. The summed E-state index contributed by atoms with van der Waals surface area (Å²) in [6, 6.07) is 53.5. The monoisotopic (exact) mass is 681 g/mol. The molecular formula is C47H27N3OS. The Balaban J connectivity index is 1.12. The number of hydrogen-bond donors (Lipinski definition) is 0. The van der Waals surface area contributed by atoms with Crippen molar-refractivity contribution in [2.45, 2.75) is 0 Å². The van der Waals surface area contributed by atoms with E-state index in [0.29, 0.717) is 0 Å². The molecular weight excluding hydrogens is 655 g/mol. The lowest BCUT2D eigenvalue weighted by molar-refractivity contribution is 0.673. The van der Waals surface area contributed by atoms with Gasteiger partial charge in [0.2, 0.25) is 0 Å². The maximum Gasteiger partial charge on any atom is 0.145 e. The summed E-state index contributed by atoms with van der Waals surface area (Å²) >= 11 is 1.83. The van der Waals surface area contributed by atoms with Crippen LogP contribution in [0.2, 0.25) is 0 Å². The van der Waals surface area contributed by atoms with E-state index in [2.05, 4.69) is 138 Å². The molecule has 5 heterocycles. The fraction of sp³-hybridized carbons (Fsp3) is 0. The van der Waals surface area contributed by atoms with Gasteiger partial charge < -0.3 is 4.42 Å². The first-order valence-electron chi connectivity index (χ1n) is 17.3. The van der Waals surface area contributed by atoms with Gasteiger partial charge in [-0.2, -0.15) is 0 Å². The zero-order valence-electron chi connectivity index (χ0n) is 27.7. The fourth-order valence-electron chi connectivity index (χ4n) is 7.61. The van der Waals surface area contributed by atoms with Crippen LogP contribution in [0.1, 0.15) is 0 Å². The number of aromatic nitrogens is 3. The van der Waals surface area contributed by atoms with Crippen LogP contribution in [0, 0.1) is 0 Å². The summed E-state index contributed by atoms with van der Waals surface area (Å²) in [6.07, 6.45) is 3.69. The molecule has 0 saturated carbocycles. The number of benzene rings is 6. The molecule has 0 aliphatic rings. The Hall–Kier alpha value is -6.69. The standard InChI is InChI=1S/C47H27N3OS/c1-2-7-28(8-3-1)31-16-22-42-37(25-31)38-26-32(17-23-43(38)52-42)39-20-21-40-46(49-39)44-36(19-18-35-34-10-4-5-11-41(34)51-47(35)44)45(50-40)30-14-12-29(13-15-30)33-9-6-24-48-27-33/h1-27H. The van der Waals surface area contributed by atoms with Crippen molar-refractivity contribution in [3.63, 3.8) is 0 Å². The maximum atomic E-state index is 6.66. The summed E-state index contributed by atoms with van der Waals surface area (Å²) in [5.41, 5.74) is 11.9. The van der Waals surface area contributed by atoms with Gasteiger partial charge in [0.05, 0.1) is 22.3 Å². The van der Waals surface area contributed by atoms with Crippen LogP contribution in [-0.4, -0.2) is 15.0 Å². The van der Waals surface area contributed by atoms with Crippen molar-refractivity contribution in [2.75, 3.05) is 0 Å². The Bertz CT molecular complexity index is 3170. The highest BCUT2D eigenvalue weighted by molar-refractivity contribution is 7.25. The summed E-state index contributed by atoms with van der Waals surface area (Å²) in [4.78, 5) is 15.0. The van der Waals surface area contributed by atoms with E-state index >= 15 is 0 Å². The number of rotatable bonds is 4. The second-order valence-electron chi connectivity index (χ2n) is 13.2. The van der Waals surface area contributed by atoms with Crippen LogP contribution in [0.5, 0.6) is 0 Å². The Morgan fingerprint density at radius 1 is 0.462 bits per heavy atom. The average molecular weight is 682 g/mol. The molecule has 11 rings (SSSR count). The number of furan rings is 1. The average Bonchev–Trinajstić information content (AvgIpc) is 3.79. The Labute approximate surface area is 302 Å². The van der Waals surface area contributed by atoms with Crippen molar-refractivity contribution in [1.29, 1.82) is 0 Å². The first kappa shape index (κ1) is 29.1. The molecule has 5 aromatic heterocycles. The third kappa shape index (κ3) is 4.57. The van der Waals surface area contributed by atoms with Crippen LogP contribution in [0.3, 0.4) is 0 Å². The molecule has 242 valence electrons. The summed E-state index contributed by atoms with van der Waals surface area (Å²) < 4.78 is 9.20. The molecule has 0 fully saturated rings. The minimum absolute atomic E-state index is 0.824. The van der Waals surface area contributed by atoms with Gasteiger partial charge in [-0.3, -0.25) is 4.98 Å². The van der Waals surface area contributed by atoms with E-state index in [-0.39, 0.29) is 0 Å². The number of nitrogens with zero attached hydrogens (tertiary/aromatic N) is 3. The molecule has 0 aliphatic heterocycles. The zero-order chi connectivity index (χ0) is 34.2. The lowest BCUT2D eigenvalue weighted by Gasteiger charge is -2.12. The second-order valence-corrected chi connectivity index (χ2v) is 14.3. The van der Waals surface area contributed by atoms with E-state index in [1.807, 2.05) is 35.7 Å². The molecule has 52 heavy (non-hydrogen) atoms. The first-order valence-corrected chi connectivity index (χ1v) is 18.1. The number of hydrogen-bond acceptors (Lipinski definition) is 5. The van der Waals surface area contributed by atoms with Gasteiger partial charge in [0.1, 0.15) is 16.7 Å². The van der Waals surface area contributed by atoms with Crippen molar-refractivity contribution in [3.05, 3.63) is 164 Å². The smallest absolute Gasteiger partial charge is 0.145 e. The highest BCUT2D eigenvalue weighted by Gasteiger charge is 2.19. The molecule has 0 amide bonds. The van der Waals surface area contributed by atoms with Gasteiger partial charge in [-0.25, -0.2) is 9.97 Å². The van der Waals surface area contributed by atoms with E-state index in [0.717, 1.165) is 77.4 Å². The normalized spacial score (nSPS) is 11.8. The molecule has 0 unspecified atom stereocenters. The number of pyridine rings is 3. The van der Waals surface area contributed by atoms with Crippen molar-refractivity contribution in [3.8, 4) is 44.8 Å².